The molecule has 37 heavy (non-hydrogen) atoms. The molecule has 5 rings (SSSR count). The lowest BCUT2D eigenvalue weighted by Gasteiger charge is -2.19. The highest BCUT2D eigenvalue weighted by Crippen LogP contribution is 2.28. The third kappa shape index (κ3) is 5.67. The molecular formula is C30H36N6O. The average molecular weight is 497 g/mol. The molecule has 0 aliphatic carbocycles. The second kappa shape index (κ2) is 9.98. The van der Waals surface area contributed by atoms with Gasteiger partial charge in [0, 0.05) is 34.8 Å². The lowest BCUT2D eigenvalue weighted by molar-refractivity contribution is 0.198. The van der Waals surface area contributed by atoms with E-state index in [1.807, 2.05) is 42.5 Å². The van der Waals surface area contributed by atoms with E-state index in [0.717, 1.165) is 46.4 Å². The zero-order valence-corrected chi connectivity index (χ0v) is 22.1. The number of nitrogen functional groups attached to an aromatic ring is 1. The van der Waals surface area contributed by atoms with Crippen molar-refractivity contribution in [3.63, 3.8) is 0 Å². The SMILES string of the molecule is CN1CCCC1COc1ccc2cc(C(=N)c3cc(-c4n[nH]c(CC(C)(C)C)n4)ccc3N)ccc2c1. The second-order valence-electron chi connectivity index (χ2n) is 11.3. The number of likely N-dealkylation sites (N-methyl/N-ethyl adjacent to an activating group) is 1. The van der Waals surface area contributed by atoms with E-state index in [4.69, 9.17) is 15.9 Å². The van der Waals surface area contributed by atoms with Gasteiger partial charge >= 0.3 is 0 Å². The fourth-order valence-electron chi connectivity index (χ4n) is 4.92. The van der Waals surface area contributed by atoms with Crippen molar-refractivity contribution in [3.8, 4) is 17.1 Å². The molecule has 3 aromatic carbocycles. The molecule has 0 amide bonds. The van der Waals surface area contributed by atoms with Gasteiger partial charge in [-0.05, 0) is 79.0 Å². The molecule has 0 radical (unpaired) electrons. The van der Waals surface area contributed by atoms with Gasteiger partial charge in [0.05, 0.1) is 5.71 Å². The van der Waals surface area contributed by atoms with Gasteiger partial charge in [0.2, 0.25) is 0 Å². The molecule has 1 fully saturated rings. The molecule has 2 heterocycles. The predicted octanol–water partition coefficient (Wildman–Crippen LogP) is 5.68. The van der Waals surface area contributed by atoms with Crippen molar-refractivity contribution >= 4 is 22.2 Å². The number of rotatable bonds is 7. The Kier molecular flexibility index (Phi) is 6.73. The van der Waals surface area contributed by atoms with Gasteiger partial charge in [-0.25, -0.2) is 4.98 Å². The summed E-state index contributed by atoms with van der Waals surface area (Å²) in [6, 6.07) is 18.3. The van der Waals surface area contributed by atoms with Crippen LogP contribution in [0.25, 0.3) is 22.2 Å². The topological polar surface area (TPSA) is 104 Å². The minimum atomic E-state index is 0.112. The van der Waals surface area contributed by atoms with Gasteiger partial charge in [-0.15, -0.1) is 0 Å². The van der Waals surface area contributed by atoms with E-state index >= 15 is 0 Å². The Morgan fingerprint density at radius 1 is 1.11 bits per heavy atom. The minimum absolute atomic E-state index is 0.112. The molecule has 1 aromatic heterocycles. The number of likely N-dealkylation sites (tertiary alicyclic amines) is 1. The first-order valence-electron chi connectivity index (χ1n) is 12.9. The van der Waals surface area contributed by atoms with Crippen molar-refractivity contribution < 1.29 is 4.74 Å². The Morgan fingerprint density at radius 3 is 2.65 bits per heavy atom. The number of hydrogen-bond donors (Lipinski definition) is 3. The molecule has 1 saturated heterocycles. The summed E-state index contributed by atoms with van der Waals surface area (Å²) in [5, 5.41) is 18.5. The highest BCUT2D eigenvalue weighted by Gasteiger charge is 2.21. The van der Waals surface area contributed by atoms with Crippen LogP contribution in [0.2, 0.25) is 0 Å². The lowest BCUT2D eigenvalue weighted by Crippen LogP contribution is -2.30. The number of nitrogens with one attached hydrogen (secondary N) is 2. The molecule has 7 heteroatoms. The number of fused-ring (bicyclic) bond motifs is 1. The summed E-state index contributed by atoms with van der Waals surface area (Å²) < 4.78 is 6.10. The van der Waals surface area contributed by atoms with Crippen LogP contribution >= 0.6 is 0 Å². The van der Waals surface area contributed by atoms with Crippen LogP contribution in [-0.4, -0.2) is 52.0 Å². The van der Waals surface area contributed by atoms with Crippen molar-refractivity contribution in [2.24, 2.45) is 5.41 Å². The van der Waals surface area contributed by atoms with Gasteiger partial charge in [0.25, 0.3) is 0 Å². The number of anilines is 1. The number of H-pyrrole nitrogens is 1. The molecule has 0 spiro atoms. The molecule has 192 valence electrons. The molecule has 1 aliphatic heterocycles. The fourth-order valence-corrected chi connectivity index (χ4v) is 4.92. The first-order chi connectivity index (χ1) is 17.7. The Hall–Kier alpha value is -3.71. The third-order valence-corrected chi connectivity index (χ3v) is 7.02. The van der Waals surface area contributed by atoms with Crippen LogP contribution in [0, 0.1) is 10.8 Å². The summed E-state index contributed by atoms with van der Waals surface area (Å²) >= 11 is 0. The molecule has 1 unspecified atom stereocenters. The van der Waals surface area contributed by atoms with E-state index in [1.54, 1.807) is 0 Å². The van der Waals surface area contributed by atoms with Gasteiger partial charge in [-0.1, -0.05) is 39.0 Å². The molecule has 7 nitrogen and oxygen atoms in total. The number of nitrogens with two attached hydrogens (primary N) is 1. The van der Waals surface area contributed by atoms with Crippen molar-refractivity contribution in [1.29, 1.82) is 5.41 Å². The van der Waals surface area contributed by atoms with Gasteiger partial charge in [0.15, 0.2) is 5.82 Å². The summed E-state index contributed by atoms with van der Waals surface area (Å²) in [6.07, 6.45) is 3.23. The van der Waals surface area contributed by atoms with Crippen LogP contribution in [0.3, 0.4) is 0 Å². The normalized spacial score (nSPS) is 16.4. The van der Waals surface area contributed by atoms with Crippen molar-refractivity contribution in [2.45, 2.75) is 46.1 Å². The Balaban J connectivity index is 1.35. The molecule has 1 atom stereocenters. The number of nitrogens with zero attached hydrogens (tertiary/aromatic N) is 3. The van der Waals surface area contributed by atoms with Crippen molar-refractivity contribution in [2.75, 3.05) is 25.9 Å². The van der Waals surface area contributed by atoms with E-state index < -0.39 is 0 Å². The summed E-state index contributed by atoms with van der Waals surface area (Å²) in [6.45, 7) is 8.37. The van der Waals surface area contributed by atoms with E-state index in [2.05, 4.69) is 60.0 Å². The lowest BCUT2D eigenvalue weighted by atomic mass is 9.92. The minimum Gasteiger partial charge on any atom is -0.492 e. The second-order valence-corrected chi connectivity index (χ2v) is 11.3. The quantitative estimate of drug-likeness (QED) is 0.225. The number of hydrogen-bond acceptors (Lipinski definition) is 6. The first-order valence-corrected chi connectivity index (χ1v) is 12.9. The Bertz CT molecular complexity index is 1430. The summed E-state index contributed by atoms with van der Waals surface area (Å²) in [7, 11) is 2.16. The smallest absolute Gasteiger partial charge is 0.181 e. The van der Waals surface area contributed by atoms with Gasteiger partial charge in [-0.2, -0.15) is 5.10 Å². The molecule has 4 N–H and O–H groups in total. The standard InChI is InChI=1S/C30H36N6O/c1-30(2,3)17-27-33-29(35-34-27)22-10-12-26(31)25(16-22)28(32)21-8-7-20-15-24(11-9-19(20)14-21)37-18-23-6-5-13-36(23)4/h7-12,14-16,23,32H,5-6,13,17-18,31H2,1-4H3,(H,33,34,35). The van der Waals surface area contributed by atoms with Crippen LogP contribution in [0.4, 0.5) is 5.69 Å². The van der Waals surface area contributed by atoms with Crippen LogP contribution in [0.15, 0.2) is 54.6 Å². The summed E-state index contributed by atoms with van der Waals surface area (Å²) in [5.41, 5.74) is 9.66. The molecule has 1 aliphatic rings. The largest absolute Gasteiger partial charge is 0.492 e. The fraction of sp³-hybridized carbons (Fsp3) is 0.367. The number of benzene rings is 3. The molecule has 4 aromatic rings. The predicted molar refractivity (Wildman–Crippen MR) is 150 cm³/mol. The Morgan fingerprint density at radius 2 is 1.89 bits per heavy atom. The van der Waals surface area contributed by atoms with E-state index in [1.165, 1.54) is 12.8 Å². The zero-order chi connectivity index (χ0) is 26.2. The number of aromatic amines is 1. The molecule has 0 bridgehead atoms. The van der Waals surface area contributed by atoms with Gasteiger partial charge in [0.1, 0.15) is 18.2 Å². The number of ether oxygens (including phenoxy) is 1. The summed E-state index contributed by atoms with van der Waals surface area (Å²) in [5.74, 6) is 2.34. The number of aromatic nitrogens is 3. The van der Waals surface area contributed by atoms with E-state index in [0.29, 0.717) is 35.4 Å². The van der Waals surface area contributed by atoms with Crippen molar-refractivity contribution in [1.82, 2.24) is 20.1 Å². The first kappa shape index (κ1) is 25.0. The van der Waals surface area contributed by atoms with Gasteiger partial charge < -0.3 is 15.4 Å². The molecular weight excluding hydrogens is 460 g/mol. The monoisotopic (exact) mass is 496 g/mol. The maximum atomic E-state index is 8.93. The average Bonchev–Trinajstić information content (AvgIpc) is 3.49. The molecule has 0 saturated carbocycles. The summed E-state index contributed by atoms with van der Waals surface area (Å²) in [4.78, 5) is 7.04. The maximum Gasteiger partial charge on any atom is 0.181 e. The highest BCUT2D eigenvalue weighted by atomic mass is 16.5. The van der Waals surface area contributed by atoms with E-state index in [9.17, 15) is 0 Å². The third-order valence-electron chi connectivity index (χ3n) is 7.02. The van der Waals surface area contributed by atoms with Gasteiger partial charge in [-0.3, -0.25) is 10.5 Å². The maximum absolute atomic E-state index is 8.93. The van der Waals surface area contributed by atoms with E-state index in [-0.39, 0.29) is 5.41 Å². The van der Waals surface area contributed by atoms with Crippen LogP contribution in [0.5, 0.6) is 5.75 Å². The van der Waals surface area contributed by atoms with Crippen LogP contribution in [0.1, 0.15) is 50.6 Å². The van der Waals surface area contributed by atoms with Crippen LogP contribution in [-0.2, 0) is 6.42 Å². The van der Waals surface area contributed by atoms with Crippen LogP contribution < -0.4 is 10.5 Å². The highest BCUT2D eigenvalue weighted by molar-refractivity contribution is 6.15. The van der Waals surface area contributed by atoms with Crippen molar-refractivity contribution in [3.05, 3.63) is 71.5 Å². The zero-order valence-electron chi connectivity index (χ0n) is 22.1. The Labute approximate surface area is 218 Å².